The number of anilines is 1. The molecule has 3 rings (SSSR count). The predicted octanol–water partition coefficient (Wildman–Crippen LogP) is 2.73. The number of carbonyl (C=O) groups excluding carboxylic acids is 1. The second-order valence-electron chi connectivity index (χ2n) is 4.81. The van der Waals surface area contributed by atoms with Crippen LogP contribution in [0, 0.1) is 5.82 Å². The van der Waals surface area contributed by atoms with E-state index < -0.39 is 0 Å². The predicted molar refractivity (Wildman–Crippen MR) is 83.6 cm³/mol. The fraction of sp³-hybridized carbons (Fsp3) is 0.0625. The molecule has 3 aromatic rings. The number of pyridine rings is 1. The molecule has 0 fully saturated rings. The Balaban J connectivity index is 1.54. The first-order valence-corrected chi connectivity index (χ1v) is 6.94. The summed E-state index contributed by atoms with van der Waals surface area (Å²) in [7, 11) is 0. The van der Waals surface area contributed by atoms with Gasteiger partial charge < -0.3 is 10.6 Å². The molecule has 2 N–H and O–H groups in total. The second-order valence-corrected chi connectivity index (χ2v) is 4.81. The summed E-state index contributed by atoms with van der Waals surface area (Å²) in [4.78, 5) is 20.0. The van der Waals surface area contributed by atoms with Gasteiger partial charge in [0.2, 0.25) is 0 Å². The highest BCUT2D eigenvalue weighted by Gasteiger charge is 2.03. The van der Waals surface area contributed by atoms with Crippen LogP contribution in [0.3, 0.4) is 0 Å². The van der Waals surface area contributed by atoms with Gasteiger partial charge in [0.1, 0.15) is 18.0 Å². The molecule has 7 heteroatoms. The van der Waals surface area contributed by atoms with Gasteiger partial charge in [-0.25, -0.2) is 19.2 Å². The Morgan fingerprint density at radius 3 is 2.65 bits per heavy atom. The summed E-state index contributed by atoms with van der Waals surface area (Å²) in [6.45, 7) is 0.312. The maximum Gasteiger partial charge on any atom is 0.319 e. The highest BCUT2D eigenvalue weighted by atomic mass is 19.1. The SMILES string of the molecule is O=C(NCc1ccc(F)cc1)Nc1ccc(-n2ccnc2)nc1. The van der Waals surface area contributed by atoms with Crippen molar-refractivity contribution in [2.75, 3.05) is 5.32 Å². The zero-order chi connectivity index (χ0) is 16.1. The maximum absolute atomic E-state index is 12.8. The number of carbonyl (C=O) groups is 1. The quantitative estimate of drug-likeness (QED) is 0.778. The van der Waals surface area contributed by atoms with Crippen molar-refractivity contribution in [2.45, 2.75) is 6.54 Å². The summed E-state index contributed by atoms with van der Waals surface area (Å²) >= 11 is 0. The molecule has 23 heavy (non-hydrogen) atoms. The van der Waals surface area contributed by atoms with E-state index in [1.54, 1.807) is 53.8 Å². The van der Waals surface area contributed by atoms with E-state index in [0.29, 0.717) is 18.1 Å². The Labute approximate surface area is 132 Å². The summed E-state index contributed by atoms with van der Waals surface area (Å²) in [5.74, 6) is 0.405. The molecule has 6 nitrogen and oxygen atoms in total. The zero-order valence-electron chi connectivity index (χ0n) is 12.1. The van der Waals surface area contributed by atoms with E-state index >= 15 is 0 Å². The third-order valence-corrected chi connectivity index (χ3v) is 3.14. The van der Waals surface area contributed by atoms with Crippen LogP contribution in [0.2, 0.25) is 0 Å². The number of rotatable bonds is 4. The Bertz CT molecular complexity index is 769. The minimum atomic E-state index is -0.355. The lowest BCUT2D eigenvalue weighted by atomic mass is 10.2. The van der Waals surface area contributed by atoms with Crippen LogP contribution in [-0.4, -0.2) is 20.6 Å². The minimum Gasteiger partial charge on any atom is -0.334 e. The molecule has 0 aliphatic heterocycles. The van der Waals surface area contributed by atoms with Gasteiger partial charge in [0.15, 0.2) is 0 Å². The van der Waals surface area contributed by atoms with E-state index in [9.17, 15) is 9.18 Å². The number of aromatic nitrogens is 3. The van der Waals surface area contributed by atoms with Gasteiger partial charge in [0.25, 0.3) is 0 Å². The van der Waals surface area contributed by atoms with Crippen LogP contribution in [0.15, 0.2) is 61.3 Å². The number of benzene rings is 1. The third-order valence-electron chi connectivity index (χ3n) is 3.14. The summed E-state index contributed by atoms with van der Waals surface area (Å²) in [5, 5.41) is 5.38. The zero-order valence-corrected chi connectivity index (χ0v) is 12.1. The van der Waals surface area contributed by atoms with Crippen molar-refractivity contribution in [3.05, 3.63) is 72.7 Å². The van der Waals surface area contributed by atoms with Crippen molar-refractivity contribution in [3.63, 3.8) is 0 Å². The van der Waals surface area contributed by atoms with Crippen LogP contribution >= 0.6 is 0 Å². The van der Waals surface area contributed by atoms with Crippen molar-refractivity contribution >= 4 is 11.7 Å². The molecule has 0 radical (unpaired) electrons. The topological polar surface area (TPSA) is 71.8 Å². The van der Waals surface area contributed by atoms with Gasteiger partial charge in [-0.2, -0.15) is 0 Å². The van der Waals surface area contributed by atoms with E-state index in [-0.39, 0.29) is 11.8 Å². The fourth-order valence-corrected chi connectivity index (χ4v) is 1.97. The molecule has 1 aromatic carbocycles. The highest BCUT2D eigenvalue weighted by molar-refractivity contribution is 5.89. The number of hydrogen-bond acceptors (Lipinski definition) is 3. The second kappa shape index (κ2) is 6.69. The van der Waals surface area contributed by atoms with Crippen molar-refractivity contribution in [1.29, 1.82) is 0 Å². The van der Waals surface area contributed by atoms with E-state index in [1.807, 2.05) is 0 Å². The van der Waals surface area contributed by atoms with Gasteiger partial charge in [-0.3, -0.25) is 4.57 Å². The average Bonchev–Trinajstić information content (AvgIpc) is 3.09. The van der Waals surface area contributed by atoms with Gasteiger partial charge in [0.05, 0.1) is 11.9 Å². The van der Waals surface area contributed by atoms with E-state index in [4.69, 9.17) is 0 Å². The monoisotopic (exact) mass is 311 g/mol. The molecule has 0 bridgehead atoms. The molecule has 0 saturated heterocycles. The van der Waals surface area contributed by atoms with Crippen LogP contribution in [-0.2, 0) is 6.54 Å². The van der Waals surface area contributed by atoms with Gasteiger partial charge >= 0.3 is 6.03 Å². The standard InChI is InChI=1S/C16H14FN5O/c17-13-3-1-12(2-4-13)9-20-16(23)21-14-5-6-15(19-10-14)22-8-7-18-11-22/h1-8,10-11H,9H2,(H2,20,21,23). The third kappa shape index (κ3) is 3.91. The van der Waals surface area contributed by atoms with Crippen LogP contribution in [0.25, 0.3) is 5.82 Å². The lowest BCUT2D eigenvalue weighted by Gasteiger charge is -2.08. The fourth-order valence-electron chi connectivity index (χ4n) is 1.97. The number of urea groups is 1. The van der Waals surface area contributed by atoms with Crippen molar-refractivity contribution in [1.82, 2.24) is 19.9 Å². The maximum atomic E-state index is 12.8. The number of nitrogens with one attached hydrogen (secondary N) is 2. The molecule has 0 spiro atoms. The lowest BCUT2D eigenvalue weighted by Crippen LogP contribution is -2.28. The van der Waals surface area contributed by atoms with E-state index in [2.05, 4.69) is 20.6 Å². The molecule has 0 unspecified atom stereocenters. The molecular weight excluding hydrogens is 297 g/mol. The Morgan fingerprint density at radius 1 is 1.17 bits per heavy atom. The van der Waals surface area contributed by atoms with Crippen LogP contribution in [0.4, 0.5) is 14.9 Å². The number of nitrogens with zero attached hydrogens (tertiary/aromatic N) is 3. The summed E-state index contributed by atoms with van der Waals surface area (Å²) in [6.07, 6.45) is 6.65. The van der Waals surface area contributed by atoms with Gasteiger partial charge in [-0.15, -0.1) is 0 Å². The minimum absolute atomic E-state index is 0.303. The summed E-state index contributed by atoms with van der Waals surface area (Å²) in [5.41, 5.74) is 1.39. The first-order valence-electron chi connectivity index (χ1n) is 6.94. The first-order chi connectivity index (χ1) is 11.2. The Kier molecular flexibility index (Phi) is 4.28. The number of hydrogen-bond donors (Lipinski definition) is 2. The van der Waals surface area contributed by atoms with Crippen molar-refractivity contribution in [3.8, 4) is 5.82 Å². The van der Waals surface area contributed by atoms with Crippen LogP contribution < -0.4 is 10.6 Å². The molecule has 2 heterocycles. The van der Waals surface area contributed by atoms with Crippen molar-refractivity contribution < 1.29 is 9.18 Å². The molecular formula is C16H14FN5O. The smallest absolute Gasteiger partial charge is 0.319 e. The Morgan fingerprint density at radius 2 is 2.00 bits per heavy atom. The van der Waals surface area contributed by atoms with Gasteiger partial charge in [0, 0.05) is 18.9 Å². The molecule has 2 aromatic heterocycles. The Hall–Kier alpha value is -3.22. The van der Waals surface area contributed by atoms with Crippen LogP contribution in [0.5, 0.6) is 0 Å². The van der Waals surface area contributed by atoms with Crippen molar-refractivity contribution in [2.24, 2.45) is 0 Å². The van der Waals surface area contributed by atoms with Gasteiger partial charge in [-0.05, 0) is 29.8 Å². The lowest BCUT2D eigenvalue weighted by molar-refractivity contribution is 0.251. The number of halogens is 1. The first kappa shape index (κ1) is 14.7. The van der Waals surface area contributed by atoms with Gasteiger partial charge in [-0.1, -0.05) is 12.1 Å². The van der Waals surface area contributed by atoms with E-state index in [1.165, 1.54) is 12.1 Å². The molecule has 0 aliphatic carbocycles. The molecule has 0 atom stereocenters. The highest BCUT2D eigenvalue weighted by Crippen LogP contribution is 2.09. The number of amides is 2. The summed E-state index contributed by atoms with van der Waals surface area (Å²) in [6, 6.07) is 9.12. The van der Waals surface area contributed by atoms with E-state index in [0.717, 1.165) is 5.56 Å². The molecule has 0 saturated carbocycles. The molecule has 2 amide bonds. The molecule has 0 aliphatic rings. The average molecular weight is 311 g/mol. The largest absolute Gasteiger partial charge is 0.334 e. The molecule has 116 valence electrons. The summed E-state index contributed by atoms with van der Waals surface area (Å²) < 4.78 is 14.6. The normalized spacial score (nSPS) is 10.3. The van der Waals surface area contributed by atoms with Crippen LogP contribution in [0.1, 0.15) is 5.56 Å². The number of imidazole rings is 1.